The number of nitrogens with one attached hydrogen (secondary N) is 2. The van der Waals surface area contributed by atoms with Crippen LogP contribution < -0.4 is 10.6 Å². The summed E-state index contributed by atoms with van der Waals surface area (Å²) < 4.78 is 4.79. The fourth-order valence-electron chi connectivity index (χ4n) is 1.82. The standard InChI is InChI=1S/C14H22N2O3/c1-4-11-7-5-6-10(2)13(11)16-14(18)15-8-12(17)9-19-3/h5-7,12,17H,4,8-9H2,1-3H3,(H2,15,16,18). The number of hydrogen-bond donors (Lipinski definition) is 3. The molecule has 1 aromatic rings. The van der Waals surface area contributed by atoms with Gasteiger partial charge in [-0.25, -0.2) is 4.79 Å². The molecular formula is C14H22N2O3. The predicted molar refractivity (Wildman–Crippen MR) is 75.5 cm³/mol. The lowest BCUT2D eigenvalue weighted by Gasteiger charge is -2.15. The van der Waals surface area contributed by atoms with Crippen molar-refractivity contribution in [3.63, 3.8) is 0 Å². The Morgan fingerprint density at radius 2 is 2.21 bits per heavy atom. The number of carbonyl (C=O) groups excluding carboxylic acids is 1. The van der Waals surface area contributed by atoms with Crippen molar-refractivity contribution < 1.29 is 14.6 Å². The van der Waals surface area contributed by atoms with Crippen LogP contribution in [0.1, 0.15) is 18.1 Å². The van der Waals surface area contributed by atoms with E-state index >= 15 is 0 Å². The number of para-hydroxylation sites is 1. The second kappa shape index (κ2) is 7.76. The summed E-state index contributed by atoms with van der Waals surface area (Å²) >= 11 is 0. The van der Waals surface area contributed by atoms with Gasteiger partial charge in [0.25, 0.3) is 0 Å². The molecule has 0 fully saturated rings. The first-order chi connectivity index (χ1) is 9.08. The molecule has 0 aliphatic rings. The Kier molecular flexibility index (Phi) is 6.32. The second-order valence-corrected chi connectivity index (χ2v) is 4.41. The highest BCUT2D eigenvalue weighted by Crippen LogP contribution is 2.20. The van der Waals surface area contributed by atoms with Crippen molar-refractivity contribution in [2.24, 2.45) is 0 Å². The molecule has 5 nitrogen and oxygen atoms in total. The Morgan fingerprint density at radius 3 is 2.84 bits per heavy atom. The van der Waals surface area contributed by atoms with E-state index in [9.17, 15) is 9.90 Å². The van der Waals surface area contributed by atoms with Gasteiger partial charge in [-0.1, -0.05) is 25.1 Å². The summed E-state index contributed by atoms with van der Waals surface area (Å²) in [5, 5.41) is 14.9. The molecule has 0 aliphatic heterocycles. The summed E-state index contributed by atoms with van der Waals surface area (Å²) in [6.45, 7) is 4.35. The number of aliphatic hydroxyl groups is 1. The van der Waals surface area contributed by atoms with E-state index in [0.29, 0.717) is 0 Å². The summed E-state index contributed by atoms with van der Waals surface area (Å²) in [5.74, 6) is 0. The summed E-state index contributed by atoms with van der Waals surface area (Å²) in [6, 6.07) is 5.59. The van der Waals surface area contributed by atoms with E-state index in [4.69, 9.17) is 4.74 Å². The molecule has 5 heteroatoms. The van der Waals surface area contributed by atoms with Crippen molar-refractivity contribution in [2.75, 3.05) is 25.6 Å². The molecular weight excluding hydrogens is 244 g/mol. The molecule has 3 N–H and O–H groups in total. The van der Waals surface area contributed by atoms with Crippen LogP contribution in [0.25, 0.3) is 0 Å². The molecule has 0 aromatic heterocycles. The van der Waals surface area contributed by atoms with Crippen LogP contribution in [-0.2, 0) is 11.2 Å². The molecule has 0 heterocycles. The molecule has 1 atom stereocenters. The second-order valence-electron chi connectivity index (χ2n) is 4.41. The van der Waals surface area contributed by atoms with Crippen molar-refractivity contribution in [1.82, 2.24) is 5.32 Å². The molecule has 1 unspecified atom stereocenters. The van der Waals surface area contributed by atoms with Crippen LogP contribution in [-0.4, -0.2) is 37.5 Å². The van der Waals surface area contributed by atoms with Crippen LogP contribution in [0.15, 0.2) is 18.2 Å². The lowest BCUT2D eigenvalue weighted by Crippen LogP contribution is -2.37. The molecule has 0 saturated carbocycles. The maximum atomic E-state index is 11.8. The molecule has 2 amide bonds. The summed E-state index contributed by atoms with van der Waals surface area (Å²) in [5.41, 5.74) is 2.95. The van der Waals surface area contributed by atoms with E-state index in [1.807, 2.05) is 32.0 Å². The van der Waals surface area contributed by atoms with Gasteiger partial charge >= 0.3 is 6.03 Å². The zero-order chi connectivity index (χ0) is 14.3. The van der Waals surface area contributed by atoms with Crippen LogP contribution >= 0.6 is 0 Å². The third-order valence-electron chi connectivity index (χ3n) is 2.84. The molecule has 106 valence electrons. The fourth-order valence-corrected chi connectivity index (χ4v) is 1.82. The first kappa shape index (κ1) is 15.5. The first-order valence-electron chi connectivity index (χ1n) is 6.38. The molecule has 1 aromatic carbocycles. The van der Waals surface area contributed by atoms with Gasteiger partial charge in [0.1, 0.15) is 0 Å². The molecule has 19 heavy (non-hydrogen) atoms. The van der Waals surface area contributed by atoms with Gasteiger partial charge in [-0.3, -0.25) is 0 Å². The number of urea groups is 1. The minimum Gasteiger partial charge on any atom is -0.389 e. The molecule has 0 saturated heterocycles. The van der Waals surface area contributed by atoms with Crippen molar-refractivity contribution in [3.05, 3.63) is 29.3 Å². The zero-order valence-corrected chi connectivity index (χ0v) is 11.7. The van der Waals surface area contributed by atoms with Crippen molar-refractivity contribution >= 4 is 11.7 Å². The number of hydrogen-bond acceptors (Lipinski definition) is 3. The van der Waals surface area contributed by atoms with E-state index in [-0.39, 0.29) is 19.2 Å². The van der Waals surface area contributed by atoms with Gasteiger partial charge in [0.15, 0.2) is 0 Å². The number of aryl methyl sites for hydroxylation is 2. The lowest BCUT2D eigenvalue weighted by atomic mass is 10.1. The summed E-state index contributed by atoms with van der Waals surface area (Å²) in [6.07, 6.45) is 0.155. The van der Waals surface area contributed by atoms with E-state index in [1.54, 1.807) is 0 Å². The molecule has 0 aliphatic carbocycles. The van der Waals surface area contributed by atoms with E-state index in [2.05, 4.69) is 10.6 Å². The third kappa shape index (κ3) is 4.89. The number of benzene rings is 1. The zero-order valence-electron chi connectivity index (χ0n) is 11.7. The number of aliphatic hydroxyl groups excluding tert-OH is 1. The lowest BCUT2D eigenvalue weighted by molar-refractivity contribution is 0.0663. The van der Waals surface area contributed by atoms with Gasteiger partial charge in [0.05, 0.1) is 12.7 Å². The summed E-state index contributed by atoms with van der Waals surface area (Å²) in [7, 11) is 1.50. The highest BCUT2D eigenvalue weighted by molar-refractivity contribution is 5.91. The topological polar surface area (TPSA) is 70.6 Å². The SMILES string of the molecule is CCc1cccc(C)c1NC(=O)NCC(O)COC. The largest absolute Gasteiger partial charge is 0.389 e. The number of ether oxygens (including phenoxy) is 1. The van der Waals surface area contributed by atoms with Crippen LogP contribution in [0, 0.1) is 6.92 Å². The van der Waals surface area contributed by atoms with Gasteiger partial charge in [-0.05, 0) is 24.5 Å². The average Bonchev–Trinajstić information content (AvgIpc) is 2.39. The number of amides is 2. The van der Waals surface area contributed by atoms with Gasteiger partial charge in [-0.2, -0.15) is 0 Å². The first-order valence-corrected chi connectivity index (χ1v) is 6.38. The fraction of sp³-hybridized carbons (Fsp3) is 0.500. The number of methoxy groups -OCH3 is 1. The smallest absolute Gasteiger partial charge is 0.319 e. The van der Waals surface area contributed by atoms with Crippen molar-refractivity contribution in [1.29, 1.82) is 0 Å². The van der Waals surface area contributed by atoms with Crippen LogP contribution in [0.3, 0.4) is 0 Å². The molecule has 0 bridgehead atoms. The minimum atomic E-state index is -0.696. The Hall–Kier alpha value is -1.59. The number of carbonyl (C=O) groups is 1. The highest BCUT2D eigenvalue weighted by Gasteiger charge is 2.10. The van der Waals surface area contributed by atoms with Gasteiger partial charge in [0, 0.05) is 19.3 Å². The minimum absolute atomic E-state index is 0.160. The third-order valence-corrected chi connectivity index (χ3v) is 2.84. The van der Waals surface area contributed by atoms with Crippen LogP contribution in [0.2, 0.25) is 0 Å². The number of anilines is 1. The average molecular weight is 266 g/mol. The predicted octanol–water partition coefficient (Wildman–Crippen LogP) is 1.69. The highest BCUT2D eigenvalue weighted by atomic mass is 16.5. The Morgan fingerprint density at radius 1 is 1.47 bits per heavy atom. The molecule has 0 radical (unpaired) electrons. The molecule has 0 spiro atoms. The van der Waals surface area contributed by atoms with Gasteiger partial charge in [-0.15, -0.1) is 0 Å². The Labute approximate surface area is 114 Å². The van der Waals surface area contributed by atoms with Gasteiger partial charge in [0.2, 0.25) is 0 Å². The van der Waals surface area contributed by atoms with Crippen molar-refractivity contribution in [3.8, 4) is 0 Å². The van der Waals surface area contributed by atoms with E-state index < -0.39 is 6.10 Å². The Balaban J connectivity index is 2.57. The summed E-state index contributed by atoms with van der Waals surface area (Å²) in [4.78, 5) is 11.8. The van der Waals surface area contributed by atoms with Crippen molar-refractivity contribution in [2.45, 2.75) is 26.4 Å². The normalized spacial score (nSPS) is 12.0. The maximum Gasteiger partial charge on any atom is 0.319 e. The van der Waals surface area contributed by atoms with Crippen LogP contribution in [0.4, 0.5) is 10.5 Å². The quantitative estimate of drug-likeness (QED) is 0.733. The van der Waals surface area contributed by atoms with Crippen LogP contribution in [0.5, 0.6) is 0 Å². The van der Waals surface area contributed by atoms with E-state index in [0.717, 1.165) is 23.2 Å². The van der Waals surface area contributed by atoms with Gasteiger partial charge < -0.3 is 20.5 Å². The maximum absolute atomic E-state index is 11.8. The number of rotatable bonds is 6. The monoisotopic (exact) mass is 266 g/mol. The van der Waals surface area contributed by atoms with E-state index in [1.165, 1.54) is 7.11 Å². The molecule has 1 rings (SSSR count). The Bertz CT molecular complexity index is 421.